The summed E-state index contributed by atoms with van der Waals surface area (Å²) in [6, 6.07) is 6.41. The molecule has 3 rings (SSSR count). The summed E-state index contributed by atoms with van der Waals surface area (Å²) in [6.45, 7) is 6.50. The van der Waals surface area contributed by atoms with E-state index in [2.05, 4.69) is 29.0 Å². The molecule has 1 saturated carbocycles. The van der Waals surface area contributed by atoms with Gasteiger partial charge in [0.25, 0.3) is 0 Å². The van der Waals surface area contributed by atoms with Crippen molar-refractivity contribution in [3.05, 3.63) is 42.7 Å². The Morgan fingerprint density at radius 2 is 2.07 bits per heavy atom. The molecule has 1 aromatic carbocycles. The van der Waals surface area contributed by atoms with Crippen LogP contribution in [0.25, 0.3) is 11.4 Å². The van der Waals surface area contributed by atoms with Gasteiger partial charge in [-0.15, -0.1) is 16.8 Å². The van der Waals surface area contributed by atoms with Crippen molar-refractivity contribution in [1.29, 1.82) is 0 Å². The number of rotatable bonds is 7. The lowest BCUT2D eigenvalue weighted by molar-refractivity contribution is -0.119. The fourth-order valence-corrected chi connectivity index (χ4v) is 4.17. The van der Waals surface area contributed by atoms with Crippen LogP contribution in [0.15, 0.2) is 42.1 Å². The molecule has 0 radical (unpaired) electrons. The molecule has 0 saturated heterocycles. The first-order valence-electron chi connectivity index (χ1n) is 9.30. The highest BCUT2D eigenvalue weighted by atomic mass is 32.2. The van der Waals surface area contributed by atoms with Gasteiger partial charge in [-0.05, 0) is 43.0 Å². The summed E-state index contributed by atoms with van der Waals surface area (Å²) in [4.78, 5) is 12.4. The van der Waals surface area contributed by atoms with Gasteiger partial charge in [0.1, 0.15) is 5.82 Å². The molecule has 1 heterocycles. The zero-order valence-corrected chi connectivity index (χ0v) is 16.3. The smallest absolute Gasteiger partial charge is 0.230 e. The summed E-state index contributed by atoms with van der Waals surface area (Å²) in [5.74, 6) is 1.19. The van der Waals surface area contributed by atoms with Gasteiger partial charge in [0.05, 0.1) is 5.75 Å². The standard InChI is InChI=1S/C20H25FN4OS/c1-3-12-25-19(15-8-10-16(21)11-9-15)23-24-20(25)27-13-18(26)22-17-7-5-4-6-14(17)2/h3,8-11,14,17H,1,4-7,12-13H2,2H3,(H,22,26)/t14-,17+/m0/s1. The second kappa shape index (κ2) is 9.17. The predicted octanol–water partition coefficient (Wildman–Crippen LogP) is 4.06. The highest BCUT2D eigenvalue weighted by molar-refractivity contribution is 7.99. The zero-order chi connectivity index (χ0) is 19.2. The second-order valence-corrected chi connectivity index (χ2v) is 7.88. The minimum Gasteiger partial charge on any atom is -0.352 e. The summed E-state index contributed by atoms with van der Waals surface area (Å²) in [6.07, 6.45) is 6.41. The number of benzene rings is 1. The summed E-state index contributed by atoms with van der Waals surface area (Å²) in [5.41, 5.74) is 0.776. The Morgan fingerprint density at radius 3 is 2.78 bits per heavy atom. The largest absolute Gasteiger partial charge is 0.352 e. The number of hydrogen-bond acceptors (Lipinski definition) is 4. The van der Waals surface area contributed by atoms with E-state index in [1.165, 1.54) is 43.2 Å². The van der Waals surface area contributed by atoms with Crippen molar-refractivity contribution in [3.8, 4) is 11.4 Å². The molecule has 144 valence electrons. The molecule has 2 atom stereocenters. The molecule has 0 spiro atoms. The second-order valence-electron chi connectivity index (χ2n) is 6.94. The van der Waals surface area contributed by atoms with Crippen LogP contribution in [0.5, 0.6) is 0 Å². The molecule has 0 aliphatic heterocycles. The summed E-state index contributed by atoms with van der Waals surface area (Å²) in [5, 5.41) is 12.3. The van der Waals surface area contributed by atoms with E-state index in [1.54, 1.807) is 18.2 Å². The molecule has 1 amide bonds. The van der Waals surface area contributed by atoms with Gasteiger partial charge in [0.2, 0.25) is 5.91 Å². The van der Waals surface area contributed by atoms with Crippen LogP contribution in [0.2, 0.25) is 0 Å². The molecule has 1 N–H and O–H groups in total. The van der Waals surface area contributed by atoms with E-state index >= 15 is 0 Å². The van der Waals surface area contributed by atoms with Crippen LogP contribution in [0, 0.1) is 11.7 Å². The van der Waals surface area contributed by atoms with Crippen molar-refractivity contribution in [1.82, 2.24) is 20.1 Å². The first-order chi connectivity index (χ1) is 13.1. The third kappa shape index (κ3) is 4.97. The molecule has 0 unspecified atom stereocenters. The first-order valence-corrected chi connectivity index (χ1v) is 10.3. The lowest BCUT2D eigenvalue weighted by Gasteiger charge is -2.29. The quantitative estimate of drug-likeness (QED) is 0.574. The van der Waals surface area contributed by atoms with Crippen LogP contribution in [-0.2, 0) is 11.3 Å². The Kier molecular flexibility index (Phi) is 6.66. The average molecular weight is 389 g/mol. The number of carbonyl (C=O) groups excluding carboxylic acids is 1. The van der Waals surface area contributed by atoms with Crippen molar-refractivity contribution in [2.75, 3.05) is 5.75 Å². The van der Waals surface area contributed by atoms with Crippen molar-refractivity contribution < 1.29 is 9.18 Å². The fraction of sp³-hybridized carbons (Fsp3) is 0.450. The molecule has 1 aromatic heterocycles. The number of amides is 1. The topological polar surface area (TPSA) is 59.8 Å². The lowest BCUT2D eigenvalue weighted by Crippen LogP contribution is -2.41. The Labute approximate surface area is 163 Å². The molecule has 5 nitrogen and oxygen atoms in total. The van der Waals surface area contributed by atoms with Gasteiger partial charge in [0, 0.05) is 18.2 Å². The van der Waals surface area contributed by atoms with E-state index in [9.17, 15) is 9.18 Å². The molecule has 2 aromatic rings. The maximum Gasteiger partial charge on any atom is 0.230 e. The SMILES string of the molecule is C=CCn1c(SCC(=O)N[C@@H]2CCCC[C@@H]2C)nnc1-c1ccc(F)cc1. The number of nitrogens with zero attached hydrogens (tertiary/aromatic N) is 3. The van der Waals surface area contributed by atoms with E-state index in [4.69, 9.17) is 0 Å². The Hall–Kier alpha value is -2.15. The number of halogens is 1. The number of allylic oxidation sites excluding steroid dienone is 1. The van der Waals surface area contributed by atoms with Gasteiger partial charge in [-0.3, -0.25) is 9.36 Å². The molecular formula is C20H25FN4OS. The van der Waals surface area contributed by atoms with Gasteiger partial charge in [-0.2, -0.15) is 0 Å². The Morgan fingerprint density at radius 1 is 1.33 bits per heavy atom. The molecule has 1 aliphatic rings. The molecular weight excluding hydrogens is 363 g/mol. The van der Waals surface area contributed by atoms with Crippen LogP contribution in [0.4, 0.5) is 4.39 Å². The van der Waals surface area contributed by atoms with Crippen LogP contribution >= 0.6 is 11.8 Å². The molecule has 0 bridgehead atoms. The van der Waals surface area contributed by atoms with Gasteiger partial charge in [-0.1, -0.05) is 37.6 Å². The van der Waals surface area contributed by atoms with Gasteiger partial charge in [-0.25, -0.2) is 4.39 Å². The minimum absolute atomic E-state index is 0.0234. The molecule has 27 heavy (non-hydrogen) atoms. The van der Waals surface area contributed by atoms with Crippen LogP contribution in [0.1, 0.15) is 32.6 Å². The number of aromatic nitrogens is 3. The number of hydrogen-bond donors (Lipinski definition) is 1. The Balaban J connectivity index is 1.66. The summed E-state index contributed by atoms with van der Waals surface area (Å²) >= 11 is 1.36. The molecule has 1 fully saturated rings. The Bertz CT molecular complexity index is 790. The van der Waals surface area contributed by atoms with E-state index in [0.29, 0.717) is 29.2 Å². The van der Waals surface area contributed by atoms with Crippen molar-refractivity contribution >= 4 is 17.7 Å². The number of thioether (sulfide) groups is 1. The number of nitrogens with one attached hydrogen (secondary N) is 1. The predicted molar refractivity (Wildman–Crippen MR) is 106 cm³/mol. The zero-order valence-electron chi connectivity index (χ0n) is 15.5. The maximum absolute atomic E-state index is 13.2. The third-order valence-corrected chi connectivity index (χ3v) is 5.89. The van der Waals surface area contributed by atoms with Crippen molar-refractivity contribution in [3.63, 3.8) is 0 Å². The fourth-order valence-electron chi connectivity index (χ4n) is 3.41. The summed E-state index contributed by atoms with van der Waals surface area (Å²) < 4.78 is 15.1. The van der Waals surface area contributed by atoms with Crippen LogP contribution < -0.4 is 5.32 Å². The van der Waals surface area contributed by atoms with E-state index in [1.807, 2.05) is 4.57 Å². The van der Waals surface area contributed by atoms with Crippen molar-refractivity contribution in [2.45, 2.75) is 50.4 Å². The van der Waals surface area contributed by atoms with E-state index in [-0.39, 0.29) is 17.8 Å². The lowest BCUT2D eigenvalue weighted by atomic mass is 9.86. The summed E-state index contributed by atoms with van der Waals surface area (Å²) in [7, 11) is 0. The molecule has 7 heteroatoms. The minimum atomic E-state index is -0.295. The average Bonchev–Trinajstić information content (AvgIpc) is 3.06. The first kappa shape index (κ1) is 19.6. The number of carbonyl (C=O) groups is 1. The maximum atomic E-state index is 13.2. The highest BCUT2D eigenvalue weighted by Crippen LogP contribution is 2.26. The monoisotopic (exact) mass is 388 g/mol. The van der Waals surface area contributed by atoms with E-state index in [0.717, 1.165) is 12.0 Å². The van der Waals surface area contributed by atoms with Gasteiger partial charge >= 0.3 is 0 Å². The normalized spacial score (nSPS) is 19.6. The molecule has 1 aliphatic carbocycles. The van der Waals surface area contributed by atoms with Crippen LogP contribution in [0.3, 0.4) is 0 Å². The van der Waals surface area contributed by atoms with Crippen LogP contribution in [-0.4, -0.2) is 32.5 Å². The highest BCUT2D eigenvalue weighted by Gasteiger charge is 2.23. The van der Waals surface area contributed by atoms with Gasteiger partial charge in [0.15, 0.2) is 11.0 Å². The van der Waals surface area contributed by atoms with Gasteiger partial charge < -0.3 is 5.32 Å². The third-order valence-electron chi connectivity index (χ3n) is 4.92. The van der Waals surface area contributed by atoms with Crippen molar-refractivity contribution in [2.24, 2.45) is 5.92 Å². The van der Waals surface area contributed by atoms with E-state index < -0.39 is 0 Å².